The van der Waals surface area contributed by atoms with E-state index in [2.05, 4.69) is 135 Å². The Balaban J connectivity index is 2.04. The molecule has 4 rings (SSSR count). The maximum atomic E-state index is 12.0. The Kier molecular flexibility index (Phi) is 7.61. The van der Waals surface area contributed by atoms with Gasteiger partial charge in [-0.2, -0.15) is 0 Å². The molecule has 0 aliphatic rings. The summed E-state index contributed by atoms with van der Waals surface area (Å²) in [5.41, 5.74) is 1.08. The molecule has 1 unspecified atom stereocenters. The second-order valence-electron chi connectivity index (χ2n) is 8.47. The molecular weight excluding hydrogens is 618 g/mol. The third-order valence-corrected chi connectivity index (χ3v) is 16.4. The number of ether oxygens (including phenoxy) is 1. The van der Waals surface area contributed by atoms with Gasteiger partial charge in [0.1, 0.15) is 0 Å². The molecule has 5 heteroatoms. The summed E-state index contributed by atoms with van der Waals surface area (Å²) in [5.74, 6) is 0.759. The van der Waals surface area contributed by atoms with Gasteiger partial charge in [0.05, 0.1) is 0 Å². The molecule has 2 nitrogen and oxygen atoms in total. The first kappa shape index (κ1) is 25.1. The van der Waals surface area contributed by atoms with E-state index >= 15 is 0 Å². The Morgan fingerprint density at radius 1 is 0.824 bits per heavy atom. The van der Waals surface area contributed by atoms with Crippen molar-refractivity contribution in [1.82, 2.24) is 0 Å². The van der Waals surface area contributed by atoms with Gasteiger partial charge < -0.3 is 0 Å². The minimum atomic E-state index is -3.18. The molecule has 0 bridgehead atoms. The summed E-state index contributed by atoms with van der Waals surface area (Å²) in [4.78, 5) is 12.0. The Morgan fingerprint density at radius 3 is 1.68 bits per heavy atom. The van der Waals surface area contributed by atoms with Gasteiger partial charge in [0.25, 0.3) is 0 Å². The number of carbonyl (C=O) groups excluding carboxylic acids is 1. The molecule has 0 saturated heterocycles. The molecule has 0 amide bonds. The third-order valence-electron chi connectivity index (χ3n) is 6.25. The van der Waals surface area contributed by atoms with Gasteiger partial charge in [0.15, 0.2) is 0 Å². The molecule has 0 aliphatic heterocycles. The molecule has 0 spiro atoms. The van der Waals surface area contributed by atoms with E-state index < -0.39 is 11.4 Å². The molecule has 4 aromatic carbocycles. The average molecular weight is 645 g/mol. The Bertz CT molecular complexity index is 1180. The first-order chi connectivity index (χ1) is 16.3. The first-order valence-corrected chi connectivity index (χ1v) is 16.7. The van der Waals surface area contributed by atoms with Crippen LogP contribution in [0.15, 0.2) is 109 Å². The van der Waals surface area contributed by atoms with Crippen LogP contribution in [0.5, 0.6) is 5.75 Å². The second-order valence-corrected chi connectivity index (χ2v) is 18.6. The first-order valence-electron chi connectivity index (χ1n) is 11.2. The summed E-state index contributed by atoms with van der Waals surface area (Å²) in [7, 11) is 0. The van der Waals surface area contributed by atoms with Gasteiger partial charge in [-0.05, 0) is 0 Å². The molecule has 4 aromatic rings. The zero-order valence-electron chi connectivity index (χ0n) is 19.2. The maximum absolute atomic E-state index is 12.0. The van der Waals surface area contributed by atoms with Crippen molar-refractivity contribution in [3.8, 4) is 5.75 Å². The molecule has 1 atom stereocenters. The van der Waals surface area contributed by atoms with Gasteiger partial charge in [-0.15, -0.1) is 0 Å². The van der Waals surface area contributed by atoms with Gasteiger partial charge in [-0.25, -0.2) is 0 Å². The van der Waals surface area contributed by atoms with Crippen molar-refractivity contribution >= 4 is 65.1 Å². The van der Waals surface area contributed by atoms with Crippen molar-refractivity contribution in [2.75, 3.05) is 0 Å². The summed E-state index contributed by atoms with van der Waals surface area (Å²) in [5, 5.41) is 0.562. The van der Waals surface area contributed by atoms with Crippen LogP contribution < -0.4 is 20.7 Å². The fourth-order valence-corrected chi connectivity index (χ4v) is 12.5. The molecule has 0 aromatic heterocycles. The molecule has 0 fully saturated rings. The van der Waals surface area contributed by atoms with Crippen LogP contribution in [0.3, 0.4) is 0 Å². The number of carbonyl (C=O) groups is 1. The Hall–Kier alpha value is -2.01. The summed E-state index contributed by atoms with van der Waals surface area (Å²) in [6.45, 7) is 3.38. The predicted molar refractivity (Wildman–Crippen MR) is 158 cm³/mol. The van der Waals surface area contributed by atoms with Gasteiger partial charge >= 0.3 is 225 Å². The van der Waals surface area contributed by atoms with Crippen LogP contribution in [0.4, 0.5) is 0 Å². The molecule has 174 valence electrons. The molecule has 0 aliphatic carbocycles. The molecular formula is C29H27BrIO2P. The monoisotopic (exact) mass is 644 g/mol. The van der Waals surface area contributed by atoms with Gasteiger partial charge in [-0.1, -0.05) is 0 Å². The van der Waals surface area contributed by atoms with Crippen molar-refractivity contribution in [3.63, 3.8) is 0 Å². The van der Waals surface area contributed by atoms with Crippen molar-refractivity contribution in [2.24, 2.45) is 0 Å². The van der Waals surface area contributed by atoms with Crippen LogP contribution in [0.1, 0.15) is 19.4 Å². The topological polar surface area (TPSA) is 26.3 Å². The second kappa shape index (κ2) is 10.3. The van der Waals surface area contributed by atoms with Gasteiger partial charge in [-0.3, -0.25) is 0 Å². The summed E-state index contributed by atoms with van der Waals surface area (Å²) in [6, 6.07) is 38.3. The van der Waals surface area contributed by atoms with Crippen LogP contribution in [0.2, 0.25) is 0 Å². The number of ketones is 1. The zero-order chi connectivity index (χ0) is 24.2. The van der Waals surface area contributed by atoms with Crippen LogP contribution >= 0.6 is 43.4 Å². The molecule has 34 heavy (non-hydrogen) atoms. The fourth-order valence-electron chi connectivity index (χ4n) is 4.32. The van der Waals surface area contributed by atoms with Crippen molar-refractivity contribution in [2.45, 2.75) is 26.1 Å². The van der Waals surface area contributed by atoms with Crippen molar-refractivity contribution < 1.29 is 9.53 Å². The van der Waals surface area contributed by atoms with E-state index in [0.717, 1.165) is 14.9 Å². The number of hydrogen-bond donors (Lipinski definition) is 0. The predicted octanol–water partition coefficient (Wildman–Crippen LogP) is 6.99. The van der Waals surface area contributed by atoms with Crippen molar-refractivity contribution in [1.29, 1.82) is 0 Å². The van der Waals surface area contributed by atoms with Crippen LogP contribution in [0, 0.1) is 3.57 Å². The van der Waals surface area contributed by atoms with Crippen LogP contribution in [0.25, 0.3) is 0 Å². The summed E-state index contributed by atoms with van der Waals surface area (Å²) >= 11 is 6.86. The number of Topliss-reactive ketones (excluding diaryl/α,β-unsaturated/α-hetero) is 1. The number of halogens is 2. The number of benzene rings is 4. The van der Waals surface area contributed by atoms with E-state index in [1.165, 1.54) is 15.9 Å². The van der Waals surface area contributed by atoms with Gasteiger partial charge in [0.2, 0.25) is 0 Å². The summed E-state index contributed by atoms with van der Waals surface area (Å²) in [6.07, 6.45) is 0.200. The minimum absolute atomic E-state index is 0.00927. The Morgan fingerprint density at radius 2 is 1.26 bits per heavy atom. The van der Waals surface area contributed by atoms with E-state index in [4.69, 9.17) is 4.74 Å². The van der Waals surface area contributed by atoms with Crippen LogP contribution in [-0.4, -0.2) is 11.9 Å². The standard InChI is InChI=1S/C29H27BrIO2P/c1-22(32)23(2)33-29-19-18-25(31)20-24(29)21-34(30,26-12-6-3-7-13-26,27-14-8-4-9-15-27)28-16-10-5-11-17-28/h3-20,23H,21H2,1-2H3. The molecule has 0 saturated carbocycles. The summed E-state index contributed by atoms with van der Waals surface area (Å²) < 4.78 is 7.33. The van der Waals surface area contributed by atoms with E-state index in [-0.39, 0.29) is 5.78 Å². The van der Waals surface area contributed by atoms with E-state index in [1.54, 1.807) is 6.92 Å². The Labute approximate surface area is 223 Å². The van der Waals surface area contributed by atoms with Crippen molar-refractivity contribution in [3.05, 3.63) is 118 Å². The van der Waals surface area contributed by atoms with E-state index in [9.17, 15) is 4.79 Å². The average Bonchev–Trinajstić information content (AvgIpc) is 2.87. The van der Waals surface area contributed by atoms with Gasteiger partial charge in [0, 0.05) is 0 Å². The molecule has 0 N–H and O–H groups in total. The molecule has 0 heterocycles. The number of hydrogen-bond acceptors (Lipinski definition) is 2. The fraction of sp³-hybridized carbons (Fsp3) is 0.138. The normalized spacial score (nSPS) is 13.5. The number of rotatable bonds is 8. The quantitative estimate of drug-likeness (QED) is 0.153. The molecule has 0 radical (unpaired) electrons. The van der Waals surface area contributed by atoms with Crippen LogP contribution in [-0.2, 0) is 11.0 Å². The van der Waals surface area contributed by atoms with E-state index in [0.29, 0.717) is 6.16 Å². The van der Waals surface area contributed by atoms with E-state index in [1.807, 2.05) is 19.1 Å². The zero-order valence-corrected chi connectivity index (χ0v) is 23.8. The SMILES string of the molecule is CC(=O)C(C)Oc1ccc(I)cc1CP(Br)(c1ccccc1)(c1ccccc1)c1ccccc1. The third kappa shape index (κ3) is 4.73.